The van der Waals surface area contributed by atoms with Crippen LogP contribution in [0.1, 0.15) is 11.1 Å². The lowest BCUT2D eigenvalue weighted by Gasteiger charge is -2.11. The lowest BCUT2D eigenvalue weighted by molar-refractivity contribution is -0.139. The van der Waals surface area contributed by atoms with Gasteiger partial charge in [-0.1, -0.05) is 12.1 Å². The Bertz CT molecular complexity index is 767. The Morgan fingerprint density at radius 2 is 1.88 bits per heavy atom. The number of halogens is 3. The van der Waals surface area contributed by atoms with Crippen LogP contribution >= 0.6 is 0 Å². The first-order valence-corrected chi connectivity index (χ1v) is 6.97. The largest absolute Gasteiger partial charge is 0.497 e. The van der Waals surface area contributed by atoms with Crippen LogP contribution in [-0.2, 0) is 24.1 Å². The molecule has 1 aromatic heterocycles. The highest BCUT2D eigenvalue weighted by atomic mass is 19.4. The molecule has 2 rings (SSSR count). The highest BCUT2D eigenvalue weighted by molar-refractivity contribution is 5.75. The minimum absolute atomic E-state index is 0.191. The number of nitrogens with zero attached hydrogens (tertiary/aromatic N) is 1. The summed E-state index contributed by atoms with van der Waals surface area (Å²) in [5, 5.41) is 2.55. The minimum atomic E-state index is -4.75. The van der Waals surface area contributed by atoms with E-state index >= 15 is 0 Å². The summed E-state index contributed by atoms with van der Waals surface area (Å²) in [6, 6.07) is 8.71. The van der Waals surface area contributed by atoms with Gasteiger partial charge in [-0.05, 0) is 29.8 Å². The van der Waals surface area contributed by atoms with Crippen molar-refractivity contribution in [2.24, 2.45) is 0 Å². The number of nitrogens with one attached hydrogen (secondary N) is 1. The molecule has 0 atom stereocenters. The first kappa shape index (κ1) is 17.6. The Hall–Kier alpha value is -2.77. The van der Waals surface area contributed by atoms with Crippen LogP contribution in [0, 0.1) is 0 Å². The number of pyridine rings is 1. The molecule has 0 saturated carbocycles. The van der Waals surface area contributed by atoms with Gasteiger partial charge in [0.05, 0.1) is 7.11 Å². The van der Waals surface area contributed by atoms with E-state index in [0.29, 0.717) is 11.8 Å². The first-order chi connectivity index (χ1) is 11.3. The molecule has 1 aromatic carbocycles. The number of methoxy groups -OCH3 is 1. The molecule has 0 fully saturated rings. The summed E-state index contributed by atoms with van der Waals surface area (Å²) in [7, 11) is 1.53. The average molecular weight is 340 g/mol. The van der Waals surface area contributed by atoms with Gasteiger partial charge in [0.1, 0.15) is 17.9 Å². The summed E-state index contributed by atoms with van der Waals surface area (Å²) < 4.78 is 43.8. The van der Waals surface area contributed by atoms with Crippen LogP contribution < -0.4 is 15.6 Å². The van der Waals surface area contributed by atoms with E-state index in [1.807, 2.05) is 0 Å². The van der Waals surface area contributed by atoms with Crippen LogP contribution in [0.3, 0.4) is 0 Å². The Balaban J connectivity index is 2.01. The van der Waals surface area contributed by atoms with Gasteiger partial charge >= 0.3 is 6.18 Å². The van der Waals surface area contributed by atoms with Crippen LogP contribution in [0.2, 0.25) is 0 Å². The number of alkyl halides is 3. The standard InChI is InChI=1S/C16H15F3N2O3/c1-24-12-6-4-11(5-7-12)9-20-14(22)10-21-8-2-3-13(15(21)23)16(17,18)19/h2-8H,9-10H2,1H3,(H,20,22). The van der Waals surface area contributed by atoms with Crippen LogP contribution in [-0.4, -0.2) is 17.6 Å². The van der Waals surface area contributed by atoms with Gasteiger partial charge < -0.3 is 14.6 Å². The van der Waals surface area contributed by atoms with Crippen molar-refractivity contribution in [1.29, 1.82) is 0 Å². The lowest BCUT2D eigenvalue weighted by Crippen LogP contribution is -2.34. The fourth-order valence-corrected chi connectivity index (χ4v) is 2.03. The zero-order valence-corrected chi connectivity index (χ0v) is 12.8. The smallest absolute Gasteiger partial charge is 0.421 e. The summed E-state index contributed by atoms with van der Waals surface area (Å²) in [4.78, 5) is 23.6. The SMILES string of the molecule is COc1ccc(CNC(=O)Cn2cccc(C(F)(F)F)c2=O)cc1. The van der Waals surface area contributed by atoms with Gasteiger partial charge in [-0.3, -0.25) is 9.59 Å². The predicted molar refractivity (Wildman–Crippen MR) is 80.5 cm³/mol. The second-order valence-electron chi connectivity index (χ2n) is 4.98. The number of rotatable bonds is 5. The van der Waals surface area contributed by atoms with Crippen molar-refractivity contribution in [2.75, 3.05) is 7.11 Å². The van der Waals surface area contributed by atoms with Gasteiger partial charge in [0.2, 0.25) is 5.91 Å². The molecule has 2 aromatic rings. The number of ether oxygens (including phenoxy) is 1. The van der Waals surface area contributed by atoms with Gasteiger partial charge in [0.15, 0.2) is 0 Å². The number of hydrogen-bond donors (Lipinski definition) is 1. The quantitative estimate of drug-likeness (QED) is 0.908. The maximum Gasteiger partial charge on any atom is 0.421 e. The van der Waals surface area contributed by atoms with Crippen molar-refractivity contribution in [3.05, 3.63) is 64.1 Å². The number of hydrogen-bond acceptors (Lipinski definition) is 3. The van der Waals surface area contributed by atoms with E-state index in [4.69, 9.17) is 4.74 Å². The van der Waals surface area contributed by atoms with Crippen molar-refractivity contribution < 1.29 is 22.7 Å². The lowest BCUT2D eigenvalue weighted by atomic mass is 10.2. The molecule has 5 nitrogen and oxygen atoms in total. The third kappa shape index (κ3) is 4.37. The highest BCUT2D eigenvalue weighted by Gasteiger charge is 2.34. The van der Waals surface area contributed by atoms with Gasteiger partial charge in [0.25, 0.3) is 5.56 Å². The topological polar surface area (TPSA) is 60.3 Å². The molecule has 0 radical (unpaired) electrons. The molecular weight excluding hydrogens is 325 g/mol. The Kier molecular flexibility index (Phi) is 5.28. The first-order valence-electron chi connectivity index (χ1n) is 6.97. The molecule has 0 saturated heterocycles. The zero-order chi connectivity index (χ0) is 17.7. The second kappa shape index (κ2) is 7.20. The summed E-state index contributed by atoms with van der Waals surface area (Å²) in [6.45, 7) is -0.296. The summed E-state index contributed by atoms with van der Waals surface area (Å²) in [5.41, 5.74) is -1.75. The third-order valence-corrected chi connectivity index (χ3v) is 3.29. The molecule has 1 heterocycles. The molecular formula is C16H15F3N2O3. The molecule has 8 heteroatoms. The molecule has 0 aliphatic carbocycles. The second-order valence-corrected chi connectivity index (χ2v) is 4.98. The van der Waals surface area contributed by atoms with Crippen molar-refractivity contribution in [2.45, 2.75) is 19.3 Å². The number of carbonyl (C=O) groups excluding carboxylic acids is 1. The number of amides is 1. The number of benzene rings is 1. The van der Waals surface area contributed by atoms with Gasteiger partial charge in [-0.25, -0.2) is 0 Å². The predicted octanol–water partition coefficient (Wildman–Crippen LogP) is 2.19. The van der Waals surface area contributed by atoms with Crippen LogP contribution in [0.15, 0.2) is 47.4 Å². The molecule has 24 heavy (non-hydrogen) atoms. The van der Waals surface area contributed by atoms with E-state index in [9.17, 15) is 22.8 Å². The average Bonchev–Trinajstić information content (AvgIpc) is 2.54. The zero-order valence-electron chi connectivity index (χ0n) is 12.8. The maximum atomic E-state index is 12.7. The third-order valence-electron chi connectivity index (χ3n) is 3.29. The highest BCUT2D eigenvalue weighted by Crippen LogP contribution is 2.25. The van der Waals surface area contributed by atoms with Crippen molar-refractivity contribution in [3.8, 4) is 5.75 Å². The van der Waals surface area contributed by atoms with Gasteiger partial charge in [-0.2, -0.15) is 13.2 Å². The molecule has 128 valence electrons. The Labute approximate surface area is 135 Å². The fraction of sp³-hybridized carbons (Fsp3) is 0.250. The molecule has 1 amide bonds. The van der Waals surface area contributed by atoms with E-state index in [1.54, 1.807) is 24.3 Å². The molecule has 0 aliphatic rings. The summed E-state index contributed by atoms with van der Waals surface area (Å²) in [6.07, 6.45) is -3.61. The fourth-order valence-electron chi connectivity index (χ4n) is 2.03. The number of carbonyl (C=O) groups is 1. The monoisotopic (exact) mass is 340 g/mol. The van der Waals surface area contributed by atoms with Crippen molar-refractivity contribution in [1.82, 2.24) is 9.88 Å². The Morgan fingerprint density at radius 3 is 2.46 bits per heavy atom. The van der Waals surface area contributed by atoms with E-state index in [1.165, 1.54) is 7.11 Å². The van der Waals surface area contributed by atoms with E-state index in [2.05, 4.69) is 5.32 Å². The summed E-state index contributed by atoms with van der Waals surface area (Å²) in [5.74, 6) is 0.104. The molecule has 0 unspecified atom stereocenters. The van der Waals surface area contributed by atoms with Gasteiger partial charge in [0, 0.05) is 12.7 Å². The van der Waals surface area contributed by atoms with Crippen molar-refractivity contribution >= 4 is 5.91 Å². The molecule has 0 spiro atoms. The summed E-state index contributed by atoms with van der Waals surface area (Å²) >= 11 is 0. The van der Waals surface area contributed by atoms with Gasteiger partial charge in [-0.15, -0.1) is 0 Å². The number of aromatic nitrogens is 1. The van der Waals surface area contributed by atoms with Crippen LogP contribution in [0.25, 0.3) is 0 Å². The van der Waals surface area contributed by atoms with E-state index < -0.39 is 29.8 Å². The maximum absolute atomic E-state index is 12.7. The minimum Gasteiger partial charge on any atom is -0.497 e. The van der Waals surface area contributed by atoms with Crippen LogP contribution in [0.4, 0.5) is 13.2 Å². The molecule has 1 N–H and O–H groups in total. The van der Waals surface area contributed by atoms with Crippen molar-refractivity contribution in [3.63, 3.8) is 0 Å². The van der Waals surface area contributed by atoms with Crippen LogP contribution in [0.5, 0.6) is 5.75 Å². The normalized spacial score (nSPS) is 11.2. The molecule has 0 aliphatic heterocycles. The van der Waals surface area contributed by atoms with E-state index in [-0.39, 0.29) is 6.54 Å². The Morgan fingerprint density at radius 1 is 1.21 bits per heavy atom. The molecule has 0 bridgehead atoms. The van der Waals surface area contributed by atoms with E-state index in [0.717, 1.165) is 22.4 Å².